The van der Waals surface area contributed by atoms with Gasteiger partial charge in [-0.15, -0.1) is 0 Å². The summed E-state index contributed by atoms with van der Waals surface area (Å²) in [6.45, 7) is 4.03. The SMILES string of the molecule is Cc1nc(C)c(CC(=O)NC2CC(=O)N(C3CCCCCC3)C2)c(=O)[nH]1. The van der Waals surface area contributed by atoms with Gasteiger partial charge in [0.25, 0.3) is 5.56 Å². The highest BCUT2D eigenvalue weighted by Crippen LogP contribution is 2.25. The second-order valence-corrected chi connectivity index (χ2v) is 7.55. The normalized spacial score (nSPS) is 21.7. The van der Waals surface area contributed by atoms with Gasteiger partial charge in [0.2, 0.25) is 11.8 Å². The van der Waals surface area contributed by atoms with E-state index in [1.54, 1.807) is 13.8 Å². The minimum absolute atomic E-state index is 0.0113. The highest BCUT2D eigenvalue weighted by atomic mass is 16.2. The summed E-state index contributed by atoms with van der Waals surface area (Å²) >= 11 is 0. The Morgan fingerprint density at radius 1 is 1.19 bits per heavy atom. The maximum absolute atomic E-state index is 12.4. The smallest absolute Gasteiger partial charge is 0.254 e. The molecule has 1 saturated carbocycles. The van der Waals surface area contributed by atoms with Crippen LogP contribution in [0.25, 0.3) is 0 Å². The summed E-state index contributed by atoms with van der Waals surface area (Å²) in [6, 6.07) is 0.148. The number of hydrogen-bond acceptors (Lipinski definition) is 4. The fourth-order valence-corrected chi connectivity index (χ4v) is 4.15. The molecule has 142 valence electrons. The molecule has 2 heterocycles. The molecule has 2 N–H and O–H groups in total. The summed E-state index contributed by atoms with van der Waals surface area (Å²) in [6.07, 6.45) is 7.31. The van der Waals surface area contributed by atoms with Gasteiger partial charge in [0.05, 0.1) is 12.5 Å². The van der Waals surface area contributed by atoms with Gasteiger partial charge in [-0.2, -0.15) is 0 Å². The number of aromatic nitrogens is 2. The predicted octanol–water partition coefficient (Wildman–Crippen LogP) is 1.37. The molecule has 3 rings (SSSR count). The van der Waals surface area contributed by atoms with Crippen LogP contribution in [-0.2, 0) is 16.0 Å². The lowest BCUT2D eigenvalue weighted by molar-refractivity contribution is -0.129. The third-order valence-corrected chi connectivity index (χ3v) is 5.47. The highest BCUT2D eigenvalue weighted by Gasteiger charge is 2.35. The predicted molar refractivity (Wildman–Crippen MR) is 97.8 cm³/mol. The molecule has 1 aromatic rings. The van der Waals surface area contributed by atoms with Crippen LogP contribution < -0.4 is 10.9 Å². The molecule has 1 aliphatic carbocycles. The first-order valence-corrected chi connectivity index (χ1v) is 9.59. The average Bonchev–Trinajstić information content (AvgIpc) is 2.77. The van der Waals surface area contributed by atoms with Crippen molar-refractivity contribution in [1.29, 1.82) is 0 Å². The standard InChI is InChI=1S/C19H28N4O3/c1-12-16(19(26)21-13(2)20-12)10-17(24)22-14-9-18(25)23(11-14)15-7-5-3-4-6-8-15/h14-15H,3-11H2,1-2H3,(H,22,24)(H,20,21,26). The molecule has 1 aliphatic heterocycles. The molecule has 7 nitrogen and oxygen atoms in total. The molecule has 0 spiro atoms. The molecule has 2 aliphatic rings. The number of carbonyl (C=O) groups is 2. The average molecular weight is 360 g/mol. The molecular formula is C19H28N4O3. The molecule has 0 radical (unpaired) electrons. The number of H-pyrrole nitrogens is 1. The van der Waals surface area contributed by atoms with Crippen molar-refractivity contribution in [2.24, 2.45) is 0 Å². The highest BCUT2D eigenvalue weighted by molar-refractivity contribution is 5.83. The Labute approximate surface area is 153 Å². The summed E-state index contributed by atoms with van der Waals surface area (Å²) in [5, 5.41) is 2.93. The Bertz CT molecular complexity index is 735. The Kier molecular flexibility index (Phi) is 5.74. The molecule has 1 saturated heterocycles. The topological polar surface area (TPSA) is 95.2 Å². The Balaban J connectivity index is 1.58. The number of nitrogens with zero attached hydrogens (tertiary/aromatic N) is 2. The van der Waals surface area contributed by atoms with E-state index in [1.165, 1.54) is 25.7 Å². The second-order valence-electron chi connectivity index (χ2n) is 7.55. The number of nitrogens with one attached hydrogen (secondary N) is 2. The van der Waals surface area contributed by atoms with Crippen LogP contribution in [-0.4, -0.2) is 45.3 Å². The maximum atomic E-state index is 12.4. The largest absolute Gasteiger partial charge is 0.351 e. The van der Waals surface area contributed by atoms with Crippen molar-refractivity contribution in [3.05, 3.63) is 27.4 Å². The Morgan fingerprint density at radius 2 is 1.88 bits per heavy atom. The lowest BCUT2D eigenvalue weighted by Gasteiger charge is -2.27. The number of aromatic amines is 1. The molecular weight excluding hydrogens is 332 g/mol. The zero-order valence-electron chi connectivity index (χ0n) is 15.6. The first-order chi connectivity index (χ1) is 12.4. The van der Waals surface area contributed by atoms with Gasteiger partial charge >= 0.3 is 0 Å². The van der Waals surface area contributed by atoms with Crippen LogP contribution >= 0.6 is 0 Å². The molecule has 2 fully saturated rings. The summed E-state index contributed by atoms with van der Waals surface area (Å²) in [5.74, 6) is 0.440. The molecule has 1 atom stereocenters. The minimum Gasteiger partial charge on any atom is -0.351 e. The first kappa shape index (κ1) is 18.6. The van der Waals surface area contributed by atoms with Gasteiger partial charge in [-0.1, -0.05) is 25.7 Å². The lowest BCUT2D eigenvalue weighted by atomic mass is 10.1. The van der Waals surface area contributed by atoms with Crippen molar-refractivity contribution in [3.63, 3.8) is 0 Å². The van der Waals surface area contributed by atoms with E-state index in [1.807, 2.05) is 4.90 Å². The van der Waals surface area contributed by atoms with Crippen LogP contribution in [0.1, 0.15) is 62.0 Å². The van der Waals surface area contributed by atoms with E-state index in [-0.39, 0.29) is 29.8 Å². The number of rotatable bonds is 4. The number of carbonyl (C=O) groups excluding carboxylic acids is 2. The molecule has 0 aromatic carbocycles. The van der Waals surface area contributed by atoms with Crippen molar-refractivity contribution >= 4 is 11.8 Å². The molecule has 1 aromatic heterocycles. The number of hydrogen-bond donors (Lipinski definition) is 2. The van der Waals surface area contributed by atoms with Gasteiger partial charge in [-0.3, -0.25) is 14.4 Å². The van der Waals surface area contributed by atoms with E-state index in [0.717, 1.165) is 12.8 Å². The minimum atomic E-state index is -0.271. The van der Waals surface area contributed by atoms with E-state index >= 15 is 0 Å². The summed E-state index contributed by atoms with van der Waals surface area (Å²) in [5.41, 5.74) is 0.690. The summed E-state index contributed by atoms with van der Waals surface area (Å²) < 4.78 is 0. The number of aryl methyl sites for hydroxylation is 2. The van der Waals surface area contributed by atoms with E-state index in [4.69, 9.17) is 0 Å². The number of likely N-dealkylation sites (tertiary alicyclic amines) is 1. The van der Waals surface area contributed by atoms with Gasteiger partial charge in [-0.05, 0) is 26.7 Å². The van der Waals surface area contributed by atoms with Crippen LogP contribution in [0.2, 0.25) is 0 Å². The van der Waals surface area contributed by atoms with Crippen LogP contribution in [0.3, 0.4) is 0 Å². The van der Waals surface area contributed by atoms with Crippen molar-refractivity contribution in [2.75, 3.05) is 6.54 Å². The second kappa shape index (κ2) is 8.01. The van der Waals surface area contributed by atoms with Crippen LogP contribution in [0.4, 0.5) is 0 Å². The Hall–Kier alpha value is -2.18. The fourth-order valence-electron chi connectivity index (χ4n) is 4.15. The van der Waals surface area contributed by atoms with Crippen molar-refractivity contribution in [3.8, 4) is 0 Å². The number of amides is 2. The third kappa shape index (κ3) is 4.31. The van der Waals surface area contributed by atoms with E-state index in [9.17, 15) is 14.4 Å². The Morgan fingerprint density at radius 3 is 2.54 bits per heavy atom. The molecule has 26 heavy (non-hydrogen) atoms. The summed E-state index contributed by atoms with van der Waals surface area (Å²) in [4.78, 5) is 45.6. The zero-order chi connectivity index (χ0) is 18.7. The van der Waals surface area contributed by atoms with E-state index in [0.29, 0.717) is 36.1 Å². The maximum Gasteiger partial charge on any atom is 0.254 e. The molecule has 7 heteroatoms. The van der Waals surface area contributed by atoms with Gasteiger partial charge in [0.1, 0.15) is 5.82 Å². The van der Waals surface area contributed by atoms with Crippen LogP contribution in [0, 0.1) is 13.8 Å². The van der Waals surface area contributed by atoms with Crippen LogP contribution in [0.15, 0.2) is 4.79 Å². The zero-order valence-corrected chi connectivity index (χ0v) is 15.6. The first-order valence-electron chi connectivity index (χ1n) is 9.59. The van der Waals surface area contributed by atoms with Crippen molar-refractivity contribution in [2.45, 2.75) is 77.3 Å². The molecule has 0 bridgehead atoms. The molecule has 1 unspecified atom stereocenters. The van der Waals surface area contributed by atoms with Gasteiger partial charge < -0.3 is 15.2 Å². The third-order valence-electron chi connectivity index (χ3n) is 5.47. The van der Waals surface area contributed by atoms with Crippen molar-refractivity contribution in [1.82, 2.24) is 20.2 Å². The van der Waals surface area contributed by atoms with Crippen LogP contribution in [0.5, 0.6) is 0 Å². The quantitative estimate of drug-likeness (QED) is 0.793. The fraction of sp³-hybridized carbons (Fsp3) is 0.684. The summed E-state index contributed by atoms with van der Waals surface area (Å²) in [7, 11) is 0. The van der Waals surface area contributed by atoms with E-state index < -0.39 is 0 Å². The molecule has 2 amide bonds. The van der Waals surface area contributed by atoms with Gasteiger partial charge in [0, 0.05) is 30.3 Å². The van der Waals surface area contributed by atoms with Gasteiger partial charge in [0.15, 0.2) is 0 Å². The van der Waals surface area contributed by atoms with Crippen molar-refractivity contribution < 1.29 is 9.59 Å². The van der Waals surface area contributed by atoms with E-state index in [2.05, 4.69) is 15.3 Å². The lowest BCUT2D eigenvalue weighted by Crippen LogP contribution is -2.41. The monoisotopic (exact) mass is 360 g/mol. The van der Waals surface area contributed by atoms with Gasteiger partial charge in [-0.25, -0.2) is 4.98 Å².